The molecule has 7 nitrogen and oxygen atoms in total. The molecule has 32 heavy (non-hydrogen) atoms. The van der Waals surface area contributed by atoms with Gasteiger partial charge in [-0.15, -0.1) is 0 Å². The Labute approximate surface area is 190 Å². The number of para-hydroxylation sites is 1. The lowest BCUT2D eigenvalue weighted by Crippen LogP contribution is -2.55. The molecule has 0 spiro atoms. The molecule has 0 aromatic heterocycles. The lowest BCUT2D eigenvalue weighted by molar-refractivity contribution is -0.0742. The van der Waals surface area contributed by atoms with Crippen molar-refractivity contribution in [3.8, 4) is 11.5 Å². The summed E-state index contributed by atoms with van der Waals surface area (Å²) in [5.74, 6) is 1.57. The second-order valence-corrected chi connectivity index (χ2v) is 9.00. The van der Waals surface area contributed by atoms with Crippen LogP contribution in [-0.4, -0.2) is 86.0 Å². The van der Waals surface area contributed by atoms with Gasteiger partial charge < -0.3 is 29.3 Å². The average molecular weight is 443 g/mol. The van der Waals surface area contributed by atoms with Crippen molar-refractivity contribution >= 4 is 5.69 Å². The normalized spacial score (nSPS) is 24.0. The van der Waals surface area contributed by atoms with Gasteiger partial charge in [0, 0.05) is 38.4 Å². The van der Waals surface area contributed by atoms with E-state index in [4.69, 9.17) is 14.2 Å². The first-order valence-corrected chi connectivity index (χ1v) is 11.3. The molecule has 2 fully saturated rings. The Morgan fingerprint density at radius 1 is 0.906 bits per heavy atom. The maximum absolute atomic E-state index is 11.3. The van der Waals surface area contributed by atoms with Crippen LogP contribution in [0.2, 0.25) is 0 Å². The van der Waals surface area contributed by atoms with E-state index in [1.54, 1.807) is 7.11 Å². The van der Waals surface area contributed by atoms with E-state index >= 15 is 0 Å². The van der Waals surface area contributed by atoms with E-state index in [0.717, 1.165) is 30.3 Å². The Morgan fingerprint density at radius 3 is 2.31 bits per heavy atom. The Hall–Kier alpha value is -2.32. The molecule has 174 valence electrons. The summed E-state index contributed by atoms with van der Waals surface area (Å²) in [7, 11) is 1.67. The molecule has 2 aliphatic heterocycles. The molecule has 0 bridgehead atoms. The SMILES string of the molecule is COc1ccc(N2CCC(O)(CN3CCOC[C@@](O)(COc4ccccc4)C3)CC2)cc1. The van der Waals surface area contributed by atoms with Gasteiger partial charge in [-0.2, -0.15) is 0 Å². The van der Waals surface area contributed by atoms with Crippen molar-refractivity contribution in [1.29, 1.82) is 0 Å². The van der Waals surface area contributed by atoms with Gasteiger partial charge in [0.15, 0.2) is 0 Å². The van der Waals surface area contributed by atoms with E-state index in [9.17, 15) is 10.2 Å². The summed E-state index contributed by atoms with van der Waals surface area (Å²) < 4.78 is 16.7. The lowest BCUT2D eigenvalue weighted by atomic mass is 9.90. The molecule has 2 aliphatic rings. The minimum atomic E-state index is -1.12. The molecule has 2 aromatic rings. The highest BCUT2D eigenvalue weighted by Crippen LogP contribution is 2.29. The number of β-amino-alcohol motifs (C(OH)–C–C–N with tert-alkyl or cyclic N) is 2. The molecule has 4 rings (SSSR count). The fourth-order valence-corrected chi connectivity index (χ4v) is 4.50. The lowest BCUT2D eigenvalue weighted by Gasteiger charge is -2.42. The molecule has 2 N–H and O–H groups in total. The van der Waals surface area contributed by atoms with Gasteiger partial charge in [0.1, 0.15) is 23.7 Å². The van der Waals surface area contributed by atoms with Crippen molar-refractivity contribution in [1.82, 2.24) is 4.90 Å². The Kier molecular flexibility index (Phi) is 7.20. The molecule has 7 heteroatoms. The molecular formula is C25H34N2O5. The van der Waals surface area contributed by atoms with Gasteiger partial charge in [0.25, 0.3) is 0 Å². The smallest absolute Gasteiger partial charge is 0.134 e. The molecular weight excluding hydrogens is 408 g/mol. The minimum Gasteiger partial charge on any atom is -0.497 e. The van der Waals surface area contributed by atoms with Gasteiger partial charge in [0.05, 0.1) is 25.9 Å². The van der Waals surface area contributed by atoms with Crippen LogP contribution < -0.4 is 14.4 Å². The molecule has 2 saturated heterocycles. The van der Waals surface area contributed by atoms with E-state index in [-0.39, 0.29) is 13.2 Å². The second kappa shape index (κ2) is 10.1. The third-order valence-corrected chi connectivity index (χ3v) is 6.34. The van der Waals surface area contributed by atoms with Crippen LogP contribution in [-0.2, 0) is 4.74 Å². The molecule has 0 amide bonds. The Morgan fingerprint density at radius 2 is 1.62 bits per heavy atom. The third kappa shape index (κ3) is 5.92. The number of anilines is 1. The highest BCUT2D eigenvalue weighted by Gasteiger charge is 2.39. The number of rotatable bonds is 7. The summed E-state index contributed by atoms with van der Waals surface area (Å²) >= 11 is 0. The summed E-state index contributed by atoms with van der Waals surface area (Å²) in [5.41, 5.74) is -0.760. The molecule has 0 saturated carbocycles. The number of piperidine rings is 1. The van der Waals surface area contributed by atoms with E-state index in [0.29, 0.717) is 39.1 Å². The maximum Gasteiger partial charge on any atom is 0.134 e. The quantitative estimate of drug-likeness (QED) is 0.681. The van der Waals surface area contributed by atoms with E-state index in [1.165, 1.54) is 0 Å². The summed E-state index contributed by atoms with van der Waals surface area (Å²) in [5, 5.41) is 22.4. The van der Waals surface area contributed by atoms with Crippen LogP contribution in [0.3, 0.4) is 0 Å². The number of nitrogens with zero attached hydrogens (tertiary/aromatic N) is 2. The topological polar surface area (TPSA) is 74.6 Å². The fourth-order valence-electron chi connectivity index (χ4n) is 4.50. The number of ether oxygens (including phenoxy) is 3. The van der Waals surface area contributed by atoms with Crippen LogP contribution >= 0.6 is 0 Å². The monoisotopic (exact) mass is 442 g/mol. The van der Waals surface area contributed by atoms with Crippen molar-refractivity contribution < 1.29 is 24.4 Å². The highest BCUT2D eigenvalue weighted by atomic mass is 16.5. The molecule has 2 heterocycles. The zero-order valence-corrected chi connectivity index (χ0v) is 18.8. The zero-order valence-electron chi connectivity index (χ0n) is 18.8. The number of benzene rings is 2. The van der Waals surface area contributed by atoms with E-state index < -0.39 is 11.2 Å². The Bertz CT molecular complexity index is 839. The maximum atomic E-state index is 11.3. The van der Waals surface area contributed by atoms with Crippen LogP contribution in [0.1, 0.15) is 12.8 Å². The molecule has 2 aromatic carbocycles. The average Bonchev–Trinajstić information content (AvgIpc) is 3.00. The van der Waals surface area contributed by atoms with Crippen molar-refractivity contribution in [3.05, 3.63) is 54.6 Å². The largest absolute Gasteiger partial charge is 0.497 e. The minimum absolute atomic E-state index is 0.150. The van der Waals surface area contributed by atoms with Gasteiger partial charge >= 0.3 is 0 Å². The molecule has 0 aliphatic carbocycles. The van der Waals surface area contributed by atoms with Crippen molar-refractivity contribution in [2.24, 2.45) is 0 Å². The van der Waals surface area contributed by atoms with Crippen molar-refractivity contribution in [2.75, 3.05) is 64.6 Å². The van der Waals surface area contributed by atoms with Crippen LogP contribution in [0, 0.1) is 0 Å². The molecule has 0 unspecified atom stereocenters. The second-order valence-electron chi connectivity index (χ2n) is 9.00. The summed E-state index contributed by atoms with van der Waals surface area (Å²) in [6.07, 6.45) is 1.35. The zero-order chi connectivity index (χ0) is 22.4. The third-order valence-electron chi connectivity index (χ3n) is 6.34. The number of aliphatic hydroxyl groups is 2. The van der Waals surface area contributed by atoms with Gasteiger partial charge in [-0.1, -0.05) is 18.2 Å². The predicted octanol–water partition coefficient (Wildman–Crippen LogP) is 2.17. The standard InChI is InChI=1S/C25H34N2O5/c1-30-22-9-7-21(8-10-22)27-13-11-24(28,12-14-27)17-26-15-16-31-19-25(29,18-26)20-32-23-5-3-2-4-6-23/h2-10,28-29H,11-20H2,1H3/t25-/m1/s1. The van der Waals surface area contributed by atoms with Gasteiger partial charge in [-0.3, -0.25) is 4.90 Å². The first kappa shape index (κ1) is 22.9. The van der Waals surface area contributed by atoms with Gasteiger partial charge in [0.2, 0.25) is 0 Å². The van der Waals surface area contributed by atoms with Crippen LogP contribution in [0.15, 0.2) is 54.6 Å². The van der Waals surface area contributed by atoms with E-state index in [1.807, 2.05) is 42.5 Å². The fraction of sp³-hybridized carbons (Fsp3) is 0.520. The number of methoxy groups -OCH3 is 1. The van der Waals surface area contributed by atoms with Gasteiger partial charge in [-0.05, 0) is 49.2 Å². The van der Waals surface area contributed by atoms with Crippen LogP contribution in [0.25, 0.3) is 0 Å². The predicted molar refractivity (Wildman–Crippen MR) is 124 cm³/mol. The summed E-state index contributed by atoms with van der Waals surface area (Å²) in [6, 6.07) is 17.5. The molecule has 1 atom stereocenters. The first-order valence-electron chi connectivity index (χ1n) is 11.3. The number of hydrogen-bond donors (Lipinski definition) is 2. The number of hydrogen-bond acceptors (Lipinski definition) is 7. The molecule has 0 radical (unpaired) electrons. The summed E-state index contributed by atoms with van der Waals surface area (Å²) in [4.78, 5) is 4.41. The van der Waals surface area contributed by atoms with E-state index in [2.05, 4.69) is 21.9 Å². The van der Waals surface area contributed by atoms with Crippen LogP contribution in [0.4, 0.5) is 5.69 Å². The van der Waals surface area contributed by atoms with Crippen molar-refractivity contribution in [3.63, 3.8) is 0 Å². The summed E-state index contributed by atoms with van der Waals surface area (Å²) in [6.45, 7) is 4.07. The van der Waals surface area contributed by atoms with Crippen LogP contribution in [0.5, 0.6) is 11.5 Å². The highest BCUT2D eigenvalue weighted by molar-refractivity contribution is 5.49. The first-order chi connectivity index (χ1) is 15.5. The van der Waals surface area contributed by atoms with Gasteiger partial charge in [-0.25, -0.2) is 0 Å². The Balaban J connectivity index is 1.32. The van der Waals surface area contributed by atoms with Crippen molar-refractivity contribution in [2.45, 2.75) is 24.0 Å².